The Morgan fingerprint density at radius 1 is 0.880 bits per heavy atom. The van der Waals surface area contributed by atoms with Gasteiger partial charge in [-0.3, -0.25) is 14.4 Å². The molecule has 3 amide bonds. The third-order valence-corrected chi connectivity index (χ3v) is 9.55. The van der Waals surface area contributed by atoms with Crippen LogP contribution >= 0.6 is 12.4 Å². The molecule has 50 heavy (non-hydrogen) atoms. The molecule has 0 unspecified atom stereocenters. The number of nitrogens with one attached hydrogen (secondary N) is 5. The number of aromatic nitrogens is 4. The van der Waals surface area contributed by atoms with Gasteiger partial charge in [-0.05, 0) is 122 Å². The Hall–Kier alpha value is -4.72. The smallest absolute Gasteiger partial charge is 0.254 e. The summed E-state index contributed by atoms with van der Waals surface area (Å²) in [4.78, 5) is 40.0. The topological polar surface area (TPSA) is 180 Å². The number of carbonyl (C=O) groups is 3. The van der Waals surface area contributed by atoms with Crippen molar-refractivity contribution in [3.63, 3.8) is 0 Å². The molecule has 7 N–H and O–H groups in total. The Balaban J connectivity index is 0.00000486. The molecule has 1 aliphatic carbocycles. The van der Waals surface area contributed by atoms with E-state index in [-0.39, 0.29) is 48.2 Å². The van der Waals surface area contributed by atoms with E-state index in [2.05, 4.69) is 41.9 Å². The lowest BCUT2D eigenvalue weighted by molar-refractivity contribution is -0.130. The molecule has 4 aromatic rings. The fourth-order valence-corrected chi connectivity index (χ4v) is 6.55. The molecule has 3 aromatic carbocycles. The summed E-state index contributed by atoms with van der Waals surface area (Å²) >= 11 is 0. The van der Waals surface area contributed by atoms with E-state index in [0.717, 1.165) is 68.3 Å². The van der Waals surface area contributed by atoms with Crippen LogP contribution < -0.4 is 27.0 Å². The molecule has 0 radical (unpaired) electrons. The van der Waals surface area contributed by atoms with Crippen molar-refractivity contribution in [3.8, 4) is 22.5 Å². The molecule has 264 valence electrons. The van der Waals surface area contributed by atoms with Crippen LogP contribution in [-0.4, -0.2) is 70.1 Å². The highest BCUT2D eigenvalue weighted by Crippen LogP contribution is 2.29. The van der Waals surface area contributed by atoms with Crippen molar-refractivity contribution >= 4 is 35.8 Å². The number of hydrogen-bond acceptors (Lipinski definition) is 8. The third-order valence-electron chi connectivity index (χ3n) is 9.55. The third kappa shape index (κ3) is 9.29. The van der Waals surface area contributed by atoms with Crippen molar-refractivity contribution < 1.29 is 18.8 Å². The van der Waals surface area contributed by atoms with Crippen molar-refractivity contribution in [3.05, 3.63) is 83.7 Å². The number of H-pyrrole nitrogens is 1. The summed E-state index contributed by atoms with van der Waals surface area (Å²) in [5.74, 6) is -0.781. The first-order valence-electron chi connectivity index (χ1n) is 16.9. The van der Waals surface area contributed by atoms with Crippen molar-refractivity contribution in [1.29, 1.82) is 0 Å². The Morgan fingerprint density at radius 3 is 2.22 bits per heavy atom. The lowest BCUT2D eigenvalue weighted by Crippen LogP contribution is -2.48. The average Bonchev–Trinajstić information content (AvgIpc) is 3.68. The van der Waals surface area contributed by atoms with Gasteiger partial charge in [0, 0.05) is 29.6 Å². The van der Waals surface area contributed by atoms with Crippen molar-refractivity contribution in [2.24, 2.45) is 17.6 Å². The SMILES string of the molecule is Cl.NC[C@H]1CC[C@H](C(=O)N[C@@H](Cc2ccc(-c3ccc(F)c(C(=O)NC4CCNCC4)c3)cc2)C(=O)Nc2ccc(-c3nn[nH]n3)cc2)CC1. The lowest BCUT2D eigenvalue weighted by Gasteiger charge is -2.28. The fourth-order valence-electron chi connectivity index (χ4n) is 6.55. The first-order valence-corrected chi connectivity index (χ1v) is 16.9. The molecule has 1 aromatic heterocycles. The van der Waals surface area contributed by atoms with Crippen molar-refractivity contribution in [1.82, 2.24) is 36.6 Å². The minimum atomic E-state index is -0.835. The van der Waals surface area contributed by atoms with Crippen LogP contribution in [0, 0.1) is 17.7 Å². The van der Waals surface area contributed by atoms with E-state index < -0.39 is 17.8 Å². The Bertz CT molecular complexity index is 1720. The zero-order valence-electron chi connectivity index (χ0n) is 27.7. The van der Waals surface area contributed by atoms with Crippen LogP contribution in [0.5, 0.6) is 0 Å². The van der Waals surface area contributed by atoms with Gasteiger partial charge in [-0.2, -0.15) is 5.21 Å². The molecular formula is C36H43ClFN9O3. The van der Waals surface area contributed by atoms with E-state index in [0.29, 0.717) is 29.5 Å². The Labute approximate surface area is 296 Å². The van der Waals surface area contributed by atoms with Gasteiger partial charge in [0.25, 0.3) is 5.91 Å². The zero-order valence-corrected chi connectivity index (χ0v) is 28.5. The standard InChI is InChI=1S/C36H42FN9O3.ClH/c37-31-14-11-27(20-30(31)35(48)40-29-15-17-39-18-16-29)24-5-1-22(2-6-24)19-32(42-34(47)26-7-3-23(21-38)4-8-26)36(49)41-28-12-9-25(10-13-28)33-43-45-46-44-33;/h1-2,5-6,9-14,20,23,26,29,32,39H,3-4,7-8,15-19,21,38H2,(H,40,48)(H,41,49)(H,42,47)(H,43,44,45,46);1H/t23-,26-,32-;/m0./s1. The molecule has 0 spiro atoms. The number of anilines is 1. The molecule has 6 rings (SSSR count). The van der Waals surface area contributed by atoms with Gasteiger partial charge in [0.1, 0.15) is 11.9 Å². The second kappa shape index (κ2) is 17.3. The second-order valence-corrected chi connectivity index (χ2v) is 12.9. The highest BCUT2D eigenvalue weighted by Gasteiger charge is 2.29. The maximum atomic E-state index is 14.7. The number of tetrazole rings is 1. The Morgan fingerprint density at radius 2 is 1.56 bits per heavy atom. The number of carbonyl (C=O) groups excluding carboxylic acids is 3. The van der Waals surface area contributed by atoms with Crippen LogP contribution in [0.25, 0.3) is 22.5 Å². The summed E-state index contributed by atoms with van der Waals surface area (Å²) in [5.41, 5.74) is 9.47. The summed E-state index contributed by atoms with van der Waals surface area (Å²) in [6, 6.07) is 18.3. The molecule has 14 heteroatoms. The number of nitrogens with zero attached hydrogens (tertiary/aromatic N) is 3. The minimum Gasteiger partial charge on any atom is -0.349 e. The lowest BCUT2D eigenvalue weighted by atomic mass is 9.81. The van der Waals surface area contributed by atoms with Crippen LogP contribution in [0.2, 0.25) is 0 Å². The number of halogens is 2. The molecular weight excluding hydrogens is 661 g/mol. The van der Waals surface area contributed by atoms with Crippen LogP contribution in [0.1, 0.15) is 54.4 Å². The van der Waals surface area contributed by atoms with E-state index in [4.69, 9.17) is 5.73 Å². The average molecular weight is 704 g/mol. The van der Waals surface area contributed by atoms with Gasteiger partial charge in [0.2, 0.25) is 17.6 Å². The molecule has 1 saturated carbocycles. The van der Waals surface area contributed by atoms with Crippen LogP contribution in [0.4, 0.5) is 10.1 Å². The monoisotopic (exact) mass is 703 g/mol. The van der Waals surface area contributed by atoms with E-state index in [1.807, 2.05) is 24.3 Å². The molecule has 2 fully saturated rings. The predicted octanol–water partition coefficient (Wildman–Crippen LogP) is 4.01. The summed E-state index contributed by atoms with van der Waals surface area (Å²) in [6.45, 7) is 2.25. The molecule has 1 atom stereocenters. The molecule has 0 bridgehead atoms. The first-order chi connectivity index (χ1) is 23.9. The summed E-state index contributed by atoms with van der Waals surface area (Å²) in [5, 5.41) is 26.1. The van der Waals surface area contributed by atoms with E-state index >= 15 is 0 Å². The number of nitrogens with two attached hydrogens (primary N) is 1. The van der Waals surface area contributed by atoms with Gasteiger partial charge >= 0.3 is 0 Å². The number of benzene rings is 3. The fraction of sp³-hybridized carbons (Fsp3) is 0.389. The zero-order chi connectivity index (χ0) is 34.2. The molecule has 1 aliphatic heterocycles. The predicted molar refractivity (Wildman–Crippen MR) is 191 cm³/mol. The Kier molecular flexibility index (Phi) is 12.6. The van der Waals surface area contributed by atoms with Gasteiger partial charge in [0.05, 0.1) is 5.56 Å². The normalized spacial score (nSPS) is 18.4. The van der Waals surface area contributed by atoms with Gasteiger partial charge in [-0.15, -0.1) is 22.6 Å². The van der Waals surface area contributed by atoms with E-state index in [1.54, 1.807) is 36.4 Å². The first kappa shape index (κ1) is 36.6. The van der Waals surface area contributed by atoms with Crippen LogP contribution in [0.3, 0.4) is 0 Å². The maximum Gasteiger partial charge on any atom is 0.254 e. The molecule has 1 saturated heterocycles. The number of aromatic amines is 1. The van der Waals surface area contributed by atoms with Crippen LogP contribution in [-0.2, 0) is 16.0 Å². The molecule has 2 heterocycles. The van der Waals surface area contributed by atoms with E-state index in [1.165, 1.54) is 6.07 Å². The van der Waals surface area contributed by atoms with Crippen molar-refractivity contribution in [2.45, 2.75) is 57.0 Å². The summed E-state index contributed by atoms with van der Waals surface area (Å²) < 4.78 is 14.7. The highest BCUT2D eigenvalue weighted by molar-refractivity contribution is 5.98. The van der Waals surface area contributed by atoms with Gasteiger partial charge in [-0.1, -0.05) is 30.3 Å². The number of rotatable bonds is 11. The number of amides is 3. The van der Waals surface area contributed by atoms with Crippen LogP contribution in [0.15, 0.2) is 66.7 Å². The van der Waals surface area contributed by atoms with E-state index in [9.17, 15) is 18.8 Å². The minimum absolute atomic E-state index is 0. The molecule has 12 nitrogen and oxygen atoms in total. The molecule has 2 aliphatic rings. The quantitative estimate of drug-likeness (QED) is 0.136. The number of hydrogen-bond donors (Lipinski definition) is 6. The highest BCUT2D eigenvalue weighted by atomic mass is 35.5. The maximum absolute atomic E-state index is 14.7. The van der Waals surface area contributed by atoms with Gasteiger partial charge < -0.3 is 27.0 Å². The van der Waals surface area contributed by atoms with Gasteiger partial charge in [0.15, 0.2) is 0 Å². The van der Waals surface area contributed by atoms with Crippen molar-refractivity contribution in [2.75, 3.05) is 25.0 Å². The van der Waals surface area contributed by atoms with Gasteiger partial charge in [-0.25, -0.2) is 4.39 Å². The number of piperidine rings is 1. The summed E-state index contributed by atoms with van der Waals surface area (Å²) in [6.07, 6.45) is 5.13. The largest absolute Gasteiger partial charge is 0.349 e. The second-order valence-electron chi connectivity index (χ2n) is 12.9. The summed E-state index contributed by atoms with van der Waals surface area (Å²) in [7, 11) is 0.